The molecule has 2 rings (SSSR count). The van der Waals surface area contributed by atoms with E-state index < -0.39 is 12.0 Å². The molecule has 76 valence electrons. The lowest BCUT2D eigenvalue weighted by molar-refractivity contribution is -0.139. The van der Waals surface area contributed by atoms with Crippen LogP contribution in [0.2, 0.25) is 0 Å². The summed E-state index contributed by atoms with van der Waals surface area (Å²) in [7, 11) is 0. The van der Waals surface area contributed by atoms with E-state index in [1.165, 1.54) is 0 Å². The van der Waals surface area contributed by atoms with E-state index in [0.717, 1.165) is 5.56 Å². The summed E-state index contributed by atoms with van der Waals surface area (Å²) < 4.78 is 1.68. The van der Waals surface area contributed by atoms with Crippen LogP contribution in [0.5, 0.6) is 0 Å². The summed E-state index contributed by atoms with van der Waals surface area (Å²) in [6, 6.07) is 12.2. The quantitative estimate of drug-likeness (QED) is 0.826. The van der Waals surface area contributed by atoms with Crippen LogP contribution in [0.1, 0.15) is 11.6 Å². The number of hydrogen-bond donors (Lipinski definition) is 1. The molecule has 1 heterocycles. The van der Waals surface area contributed by atoms with Gasteiger partial charge in [0.05, 0.1) is 0 Å². The zero-order valence-corrected chi connectivity index (χ0v) is 8.08. The van der Waals surface area contributed by atoms with Crippen molar-refractivity contribution in [3.63, 3.8) is 0 Å². The van der Waals surface area contributed by atoms with Gasteiger partial charge in [-0.15, -0.1) is 0 Å². The molecular weight excluding hydrogens is 190 g/mol. The summed E-state index contributed by atoms with van der Waals surface area (Å²) in [5.74, 6) is -0.850. The van der Waals surface area contributed by atoms with Crippen LogP contribution in [0, 0.1) is 0 Å². The highest BCUT2D eigenvalue weighted by molar-refractivity contribution is 5.76. The monoisotopic (exact) mass is 201 g/mol. The first-order valence-electron chi connectivity index (χ1n) is 4.69. The number of carboxylic acid groups (broad SMARTS) is 1. The first kappa shape index (κ1) is 9.52. The first-order valence-corrected chi connectivity index (χ1v) is 4.69. The standard InChI is InChI=1S/C12H11NO2/c14-12(15)11(13-8-4-5-9-13)10-6-2-1-3-7-10/h1-9,11H,(H,14,15). The largest absolute Gasteiger partial charge is 0.479 e. The van der Waals surface area contributed by atoms with E-state index in [4.69, 9.17) is 0 Å². The predicted molar refractivity (Wildman–Crippen MR) is 56.6 cm³/mol. The molecule has 0 aliphatic carbocycles. The van der Waals surface area contributed by atoms with E-state index in [2.05, 4.69) is 0 Å². The lowest BCUT2D eigenvalue weighted by Gasteiger charge is -2.14. The zero-order chi connectivity index (χ0) is 10.7. The van der Waals surface area contributed by atoms with Crippen LogP contribution in [0.15, 0.2) is 54.9 Å². The molecular formula is C12H11NO2. The SMILES string of the molecule is O=C(O)C(c1ccccc1)n1cccc1. The highest BCUT2D eigenvalue weighted by Crippen LogP contribution is 2.18. The average Bonchev–Trinajstić information content (AvgIpc) is 2.72. The summed E-state index contributed by atoms with van der Waals surface area (Å²) in [5.41, 5.74) is 0.779. The van der Waals surface area contributed by atoms with Crippen molar-refractivity contribution in [2.75, 3.05) is 0 Å². The van der Waals surface area contributed by atoms with Gasteiger partial charge >= 0.3 is 5.97 Å². The molecule has 0 saturated carbocycles. The number of carboxylic acids is 1. The Balaban J connectivity index is 2.42. The summed E-state index contributed by atoms with van der Waals surface area (Å²) in [6.45, 7) is 0. The van der Waals surface area contributed by atoms with Crippen LogP contribution >= 0.6 is 0 Å². The maximum absolute atomic E-state index is 11.2. The Labute approximate surface area is 87.6 Å². The summed E-state index contributed by atoms with van der Waals surface area (Å²) in [4.78, 5) is 11.2. The topological polar surface area (TPSA) is 42.2 Å². The van der Waals surface area contributed by atoms with Crippen molar-refractivity contribution in [2.45, 2.75) is 6.04 Å². The van der Waals surface area contributed by atoms with E-state index in [1.807, 2.05) is 42.5 Å². The van der Waals surface area contributed by atoms with E-state index in [-0.39, 0.29) is 0 Å². The number of hydrogen-bond acceptors (Lipinski definition) is 1. The Bertz CT molecular complexity index is 434. The Kier molecular flexibility index (Phi) is 2.54. The van der Waals surface area contributed by atoms with Gasteiger partial charge in [0.1, 0.15) is 0 Å². The molecule has 1 unspecified atom stereocenters. The number of carbonyl (C=O) groups is 1. The molecule has 1 aromatic carbocycles. The molecule has 0 radical (unpaired) electrons. The Hall–Kier alpha value is -2.03. The van der Waals surface area contributed by atoms with E-state index in [1.54, 1.807) is 17.0 Å². The smallest absolute Gasteiger partial charge is 0.331 e. The second-order valence-corrected chi connectivity index (χ2v) is 3.28. The van der Waals surface area contributed by atoms with Crippen molar-refractivity contribution in [3.8, 4) is 0 Å². The van der Waals surface area contributed by atoms with Crippen molar-refractivity contribution in [1.82, 2.24) is 4.57 Å². The summed E-state index contributed by atoms with van der Waals surface area (Å²) in [6.07, 6.45) is 3.51. The number of nitrogens with zero attached hydrogens (tertiary/aromatic N) is 1. The van der Waals surface area contributed by atoms with Gasteiger partial charge in [-0.25, -0.2) is 4.79 Å². The Morgan fingerprint density at radius 1 is 1.07 bits per heavy atom. The molecule has 1 aromatic heterocycles. The normalized spacial score (nSPS) is 12.3. The Morgan fingerprint density at radius 2 is 1.67 bits per heavy atom. The molecule has 1 atom stereocenters. The van der Waals surface area contributed by atoms with Gasteiger partial charge in [0.15, 0.2) is 6.04 Å². The third kappa shape index (κ3) is 1.91. The van der Waals surface area contributed by atoms with E-state index in [9.17, 15) is 9.90 Å². The summed E-state index contributed by atoms with van der Waals surface area (Å²) >= 11 is 0. The van der Waals surface area contributed by atoms with Crippen LogP contribution in [-0.4, -0.2) is 15.6 Å². The molecule has 0 amide bonds. The lowest BCUT2D eigenvalue weighted by Crippen LogP contribution is -2.18. The van der Waals surface area contributed by atoms with Gasteiger partial charge in [-0.05, 0) is 17.7 Å². The molecule has 0 fully saturated rings. The van der Waals surface area contributed by atoms with Crippen LogP contribution < -0.4 is 0 Å². The minimum absolute atomic E-state index is 0.638. The second kappa shape index (κ2) is 4.00. The van der Waals surface area contributed by atoms with Gasteiger partial charge in [0, 0.05) is 12.4 Å². The molecule has 0 spiro atoms. The van der Waals surface area contributed by atoms with E-state index >= 15 is 0 Å². The lowest BCUT2D eigenvalue weighted by atomic mass is 10.1. The maximum Gasteiger partial charge on any atom is 0.331 e. The number of aliphatic carboxylic acids is 1. The zero-order valence-electron chi connectivity index (χ0n) is 8.08. The fraction of sp³-hybridized carbons (Fsp3) is 0.0833. The molecule has 15 heavy (non-hydrogen) atoms. The molecule has 0 aliphatic rings. The van der Waals surface area contributed by atoms with Crippen molar-refractivity contribution in [3.05, 3.63) is 60.4 Å². The molecule has 3 heteroatoms. The molecule has 0 aliphatic heterocycles. The minimum Gasteiger partial charge on any atom is -0.479 e. The van der Waals surface area contributed by atoms with Gasteiger partial charge in [0.2, 0.25) is 0 Å². The number of aromatic nitrogens is 1. The van der Waals surface area contributed by atoms with Gasteiger partial charge in [-0.1, -0.05) is 30.3 Å². The molecule has 2 aromatic rings. The minimum atomic E-state index is -0.850. The number of rotatable bonds is 3. The predicted octanol–water partition coefficient (Wildman–Crippen LogP) is 2.16. The third-order valence-electron chi connectivity index (χ3n) is 2.27. The van der Waals surface area contributed by atoms with Crippen molar-refractivity contribution in [2.24, 2.45) is 0 Å². The molecule has 0 bridgehead atoms. The molecule has 1 N–H and O–H groups in total. The van der Waals surface area contributed by atoms with Crippen LogP contribution in [0.25, 0.3) is 0 Å². The fourth-order valence-electron chi connectivity index (χ4n) is 1.60. The van der Waals surface area contributed by atoms with Crippen LogP contribution in [-0.2, 0) is 4.79 Å². The van der Waals surface area contributed by atoms with Gasteiger partial charge in [0.25, 0.3) is 0 Å². The van der Waals surface area contributed by atoms with Crippen LogP contribution in [0.4, 0.5) is 0 Å². The number of benzene rings is 1. The van der Waals surface area contributed by atoms with Crippen molar-refractivity contribution in [1.29, 1.82) is 0 Å². The van der Waals surface area contributed by atoms with Gasteiger partial charge in [-0.3, -0.25) is 0 Å². The fourth-order valence-corrected chi connectivity index (χ4v) is 1.60. The average molecular weight is 201 g/mol. The highest BCUT2D eigenvalue weighted by Gasteiger charge is 2.19. The van der Waals surface area contributed by atoms with Crippen LogP contribution in [0.3, 0.4) is 0 Å². The molecule has 3 nitrogen and oxygen atoms in total. The third-order valence-corrected chi connectivity index (χ3v) is 2.27. The van der Waals surface area contributed by atoms with Crippen molar-refractivity contribution < 1.29 is 9.90 Å². The highest BCUT2D eigenvalue weighted by atomic mass is 16.4. The maximum atomic E-state index is 11.2. The Morgan fingerprint density at radius 3 is 2.20 bits per heavy atom. The van der Waals surface area contributed by atoms with Gasteiger partial charge in [-0.2, -0.15) is 0 Å². The van der Waals surface area contributed by atoms with E-state index in [0.29, 0.717) is 0 Å². The van der Waals surface area contributed by atoms with Crippen molar-refractivity contribution >= 4 is 5.97 Å². The first-order chi connectivity index (χ1) is 7.29. The second-order valence-electron chi connectivity index (χ2n) is 3.28. The summed E-state index contributed by atoms with van der Waals surface area (Å²) in [5, 5.41) is 9.18. The van der Waals surface area contributed by atoms with Gasteiger partial charge < -0.3 is 9.67 Å². The molecule has 0 saturated heterocycles.